The lowest BCUT2D eigenvalue weighted by atomic mass is 10.2. The molecule has 1 rings (SSSR count). The molecule has 0 spiro atoms. The zero-order valence-corrected chi connectivity index (χ0v) is 12.1. The summed E-state index contributed by atoms with van der Waals surface area (Å²) in [6, 6.07) is 8.07. The van der Waals surface area contributed by atoms with Gasteiger partial charge < -0.3 is 4.74 Å². The third-order valence-electron chi connectivity index (χ3n) is 2.64. The maximum absolute atomic E-state index is 11.8. The molecule has 1 N–H and O–H groups in total. The maximum Gasteiger partial charge on any atom is 0.262 e. The summed E-state index contributed by atoms with van der Waals surface area (Å²) in [6.45, 7) is 1.72. The van der Waals surface area contributed by atoms with Gasteiger partial charge in [0.25, 0.3) is 5.91 Å². The first kappa shape index (κ1) is 16.1. The normalized spacial score (nSPS) is 12.4. The second-order valence-electron chi connectivity index (χ2n) is 4.17. The summed E-state index contributed by atoms with van der Waals surface area (Å²) in [7, 11) is -2.43. The Morgan fingerprint density at radius 3 is 2.45 bits per heavy atom. The van der Waals surface area contributed by atoms with E-state index in [1.54, 1.807) is 6.92 Å². The van der Waals surface area contributed by atoms with Crippen molar-refractivity contribution in [2.75, 3.05) is 7.11 Å². The fourth-order valence-corrected chi connectivity index (χ4v) is 2.75. The lowest BCUT2D eigenvalue weighted by Crippen LogP contribution is -2.39. The fraction of sp³-hybridized carbons (Fsp3) is 0.385. The Balaban J connectivity index is 2.74. The molecule has 0 bridgehead atoms. The van der Waals surface area contributed by atoms with E-state index in [4.69, 9.17) is 10.00 Å². The molecule has 0 aliphatic carbocycles. The topological polar surface area (TPSA) is 96.3 Å². The Labute approximate surface area is 118 Å². The van der Waals surface area contributed by atoms with Gasteiger partial charge in [0, 0.05) is 7.11 Å². The molecule has 1 aromatic rings. The molecule has 0 aliphatic heterocycles. The van der Waals surface area contributed by atoms with Crippen LogP contribution in [0.25, 0.3) is 0 Å². The van der Waals surface area contributed by atoms with Crippen molar-refractivity contribution in [1.82, 2.24) is 4.72 Å². The van der Waals surface area contributed by atoms with Crippen LogP contribution in [0.2, 0.25) is 0 Å². The number of nitrogens with zero attached hydrogens (tertiary/aromatic N) is 1. The van der Waals surface area contributed by atoms with Crippen molar-refractivity contribution < 1.29 is 17.9 Å². The molecular weight excluding hydrogens is 280 g/mol. The van der Waals surface area contributed by atoms with Gasteiger partial charge in [-0.25, -0.2) is 8.42 Å². The molecule has 108 valence electrons. The molecule has 20 heavy (non-hydrogen) atoms. The number of rotatable bonds is 6. The second kappa shape index (κ2) is 7.03. The summed E-state index contributed by atoms with van der Waals surface area (Å²) in [6.07, 6.45) is -0.403. The van der Waals surface area contributed by atoms with Gasteiger partial charge in [-0.2, -0.15) is 5.26 Å². The van der Waals surface area contributed by atoms with Gasteiger partial charge in [0.2, 0.25) is 10.0 Å². The first-order valence-electron chi connectivity index (χ1n) is 5.98. The number of carbonyl (C=O) groups excluding carboxylic acids is 1. The summed E-state index contributed by atoms with van der Waals surface area (Å²) in [5.74, 6) is -1.01. The minimum absolute atomic E-state index is 0.329. The summed E-state index contributed by atoms with van der Waals surface area (Å²) < 4.78 is 30.6. The largest absolute Gasteiger partial charge is 0.372 e. The summed E-state index contributed by atoms with van der Waals surface area (Å²) in [4.78, 5) is 11.7. The van der Waals surface area contributed by atoms with Crippen LogP contribution in [0.1, 0.15) is 24.5 Å². The highest BCUT2D eigenvalue weighted by molar-refractivity contribution is 7.89. The lowest BCUT2D eigenvalue weighted by molar-refractivity contribution is -0.129. The SMILES string of the molecule is CC[C@H](OC)C(=O)NS(=O)(=O)Cc1ccc(C#N)cc1. The maximum atomic E-state index is 11.8. The van der Waals surface area contributed by atoms with Crippen LogP contribution >= 0.6 is 0 Å². The van der Waals surface area contributed by atoms with E-state index in [1.807, 2.05) is 10.8 Å². The van der Waals surface area contributed by atoms with E-state index < -0.39 is 22.0 Å². The average molecular weight is 296 g/mol. The van der Waals surface area contributed by atoms with Crippen molar-refractivity contribution in [3.05, 3.63) is 35.4 Å². The molecule has 0 unspecified atom stereocenters. The first-order valence-corrected chi connectivity index (χ1v) is 7.63. The number of ether oxygens (including phenoxy) is 1. The van der Waals surface area contributed by atoms with E-state index in [0.29, 0.717) is 17.5 Å². The molecule has 6 nitrogen and oxygen atoms in total. The van der Waals surface area contributed by atoms with E-state index in [-0.39, 0.29) is 5.75 Å². The molecule has 1 amide bonds. The monoisotopic (exact) mass is 296 g/mol. The predicted octanol–water partition coefficient (Wildman–Crippen LogP) is 0.929. The molecule has 0 heterocycles. The van der Waals surface area contributed by atoms with Gasteiger partial charge in [-0.3, -0.25) is 9.52 Å². The zero-order valence-electron chi connectivity index (χ0n) is 11.3. The summed E-state index contributed by atoms with van der Waals surface area (Å²) in [5, 5.41) is 8.66. The third kappa shape index (κ3) is 4.64. The summed E-state index contributed by atoms with van der Waals surface area (Å²) >= 11 is 0. The highest BCUT2D eigenvalue weighted by Gasteiger charge is 2.21. The van der Waals surface area contributed by atoms with Crippen LogP contribution in [0.3, 0.4) is 0 Å². The minimum Gasteiger partial charge on any atom is -0.372 e. The second-order valence-corrected chi connectivity index (χ2v) is 5.89. The minimum atomic E-state index is -3.78. The molecule has 7 heteroatoms. The van der Waals surface area contributed by atoms with E-state index in [9.17, 15) is 13.2 Å². The van der Waals surface area contributed by atoms with Gasteiger partial charge >= 0.3 is 0 Å². The lowest BCUT2D eigenvalue weighted by Gasteiger charge is -2.13. The van der Waals surface area contributed by atoms with Gasteiger partial charge in [-0.1, -0.05) is 19.1 Å². The van der Waals surface area contributed by atoms with Crippen LogP contribution in [0.5, 0.6) is 0 Å². The number of nitriles is 1. The Bertz CT molecular complexity index is 598. The van der Waals surface area contributed by atoms with Crippen molar-refractivity contribution in [3.8, 4) is 6.07 Å². The Hall–Kier alpha value is -1.91. The first-order chi connectivity index (χ1) is 9.41. The molecule has 0 saturated heterocycles. The van der Waals surface area contributed by atoms with Crippen molar-refractivity contribution in [2.24, 2.45) is 0 Å². The molecule has 0 aliphatic rings. The number of carbonyl (C=O) groups is 1. The fourth-order valence-electron chi connectivity index (χ4n) is 1.61. The van der Waals surface area contributed by atoms with Crippen LogP contribution in [0, 0.1) is 11.3 Å². The Kier molecular flexibility index (Phi) is 5.67. The summed E-state index contributed by atoms with van der Waals surface area (Å²) in [5.41, 5.74) is 0.940. The molecular formula is C13H16N2O4S. The number of nitrogens with one attached hydrogen (secondary N) is 1. The highest BCUT2D eigenvalue weighted by atomic mass is 32.2. The molecule has 0 fully saturated rings. The van der Waals surface area contributed by atoms with Crippen LogP contribution in [0.15, 0.2) is 24.3 Å². The number of hydrogen-bond donors (Lipinski definition) is 1. The van der Waals surface area contributed by atoms with Crippen molar-refractivity contribution in [1.29, 1.82) is 5.26 Å². The highest BCUT2D eigenvalue weighted by Crippen LogP contribution is 2.08. The van der Waals surface area contributed by atoms with Crippen LogP contribution in [0.4, 0.5) is 0 Å². The predicted molar refractivity (Wildman–Crippen MR) is 73.0 cm³/mol. The molecule has 0 saturated carbocycles. The molecule has 1 aromatic carbocycles. The van der Waals surface area contributed by atoms with Gasteiger partial charge in [0.15, 0.2) is 0 Å². The number of methoxy groups -OCH3 is 1. The molecule has 0 radical (unpaired) electrons. The standard InChI is InChI=1S/C13H16N2O4S/c1-3-12(19-2)13(16)15-20(17,18)9-11-6-4-10(8-14)5-7-11/h4-7,12H,3,9H2,1-2H3,(H,15,16)/t12-/m0/s1. The van der Waals surface area contributed by atoms with Gasteiger partial charge in [-0.15, -0.1) is 0 Å². The number of benzene rings is 1. The van der Waals surface area contributed by atoms with E-state index in [1.165, 1.54) is 31.4 Å². The smallest absolute Gasteiger partial charge is 0.262 e. The molecule has 0 aromatic heterocycles. The van der Waals surface area contributed by atoms with Crippen LogP contribution < -0.4 is 4.72 Å². The zero-order chi connectivity index (χ0) is 15.2. The average Bonchev–Trinajstić information content (AvgIpc) is 2.39. The van der Waals surface area contributed by atoms with Gasteiger partial charge in [0.1, 0.15) is 6.10 Å². The van der Waals surface area contributed by atoms with Crippen LogP contribution in [-0.4, -0.2) is 27.5 Å². The van der Waals surface area contributed by atoms with E-state index in [0.717, 1.165) is 0 Å². The van der Waals surface area contributed by atoms with Crippen LogP contribution in [-0.2, 0) is 25.3 Å². The number of amides is 1. The van der Waals surface area contributed by atoms with Crippen molar-refractivity contribution in [3.63, 3.8) is 0 Å². The Morgan fingerprint density at radius 2 is 2.00 bits per heavy atom. The van der Waals surface area contributed by atoms with E-state index in [2.05, 4.69) is 0 Å². The van der Waals surface area contributed by atoms with Crippen molar-refractivity contribution in [2.45, 2.75) is 25.2 Å². The van der Waals surface area contributed by atoms with Crippen molar-refractivity contribution >= 4 is 15.9 Å². The van der Waals surface area contributed by atoms with Gasteiger partial charge in [0.05, 0.1) is 17.4 Å². The quantitative estimate of drug-likeness (QED) is 0.842. The number of hydrogen-bond acceptors (Lipinski definition) is 5. The Morgan fingerprint density at radius 1 is 1.40 bits per heavy atom. The third-order valence-corrected chi connectivity index (χ3v) is 3.87. The van der Waals surface area contributed by atoms with Gasteiger partial charge in [-0.05, 0) is 24.1 Å². The molecule has 1 atom stereocenters. The number of sulfonamides is 1. The van der Waals surface area contributed by atoms with E-state index >= 15 is 0 Å².